The first-order valence-electron chi connectivity index (χ1n) is 10.4. The van der Waals surface area contributed by atoms with Gasteiger partial charge in [0.1, 0.15) is 18.3 Å². The van der Waals surface area contributed by atoms with Gasteiger partial charge in [0.25, 0.3) is 0 Å². The molecule has 0 aromatic heterocycles. The van der Waals surface area contributed by atoms with Crippen LogP contribution in [0, 0.1) is 0 Å². The molecule has 0 bridgehead atoms. The Hall–Kier alpha value is -2.29. The molecule has 2 aromatic rings. The zero-order chi connectivity index (χ0) is 22.2. The summed E-state index contributed by atoms with van der Waals surface area (Å²) in [5, 5.41) is 11.0. The van der Waals surface area contributed by atoms with Crippen LogP contribution in [-0.2, 0) is 41.7 Å². The molecule has 1 saturated heterocycles. The van der Waals surface area contributed by atoms with Gasteiger partial charge in [0.05, 0.1) is 26.4 Å². The Morgan fingerprint density at radius 2 is 1.45 bits per heavy atom. The minimum atomic E-state index is -1.16. The standard InChI is InChI=1S/C24H30O7/c1-16(2)30-24-19(25)20(28-14-17-10-6-4-7-11-17)21(22(31-24)23(26)27-3)29-15-18-12-8-5-9-13-18/h4-13,16,19-22,24-25H,14-15H2,1-3H3/t19-,20+,21-,22-,24+/m0/s1. The van der Waals surface area contributed by atoms with Crippen LogP contribution in [0.1, 0.15) is 25.0 Å². The number of methoxy groups -OCH3 is 1. The van der Waals surface area contributed by atoms with Crippen LogP contribution in [0.2, 0.25) is 0 Å². The van der Waals surface area contributed by atoms with Crippen molar-refractivity contribution < 1.29 is 33.6 Å². The monoisotopic (exact) mass is 430 g/mol. The minimum Gasteiger partial charge on any atom is -0.467 e. The molecule has 7 heteroatoms. The molecular formula is C24H30O7. The van der Waals surface area contributed by atoms with Gasteiger partial charge in [0, 0.05) is 0 Å². The average Bonchev–Trinajstić information content (AvgIpc) is 2.79. The van der Waals surface area contributed by atoms with Gasteiger partial charge in [-0.15, -0.1) is 0 Å². The maximum Gasteiger partial charge on any atom is 0.337 e. The molecule has 0 radical (unpaired) electrons. The van der Waals surface area contributed by atoms with Crippen LogP contribution in [0.3, 0.4) is 0 Å². The molecule has 0 aliphatic carbocycles. The molecule has 1 fully saturated rings. The summed E-state index contributed by atoms with van der Waals surface area (Å²) in [5.74, 6) is -0.615. The highest BCUT2D eigenvalue weighted by Gasteiger charge is 2.51. The van der Waals surface area contributed by atoms with Gasteiger partial charge in [-0.3, -0.25) is 0 Å². The molecule has 0 saturated carbocycles. The molecule has 1 N–H and O–H groups in total. The van der Waals surface area contributed by atoms with E-state index in [2.05, 4.69) is 0 Å². The van der Waals surface area contributed by atoms with Gasteiger partial charge in [-0.2, -0.15) is 0 Å². The highest BCUT2D eigenvalue weighted by molar-refractivity contribution is 5.75. The first-order chi connectivity index (χ1) is 15.0. The highest BCUT2D eigenvalue weighted by atomic mass is 16.7. The molecular weight excluding hydrogens is 400 g/mol. The lowest BCUT2D eigenvalue weighted by atomic mass is 9.97. The first-order valence-corrected chi connectivity index (χ1v) is 10.4. The molecule has 1 heterocycles. The summed E-state index contributed by atoms with van der Waals surface area (Å²) < 4.78 is 28.6. The molecule has 3 rings (SSSR count). The minimum absolute atomic E-state index is 0.218. The molecule has 5 atom stereocenters. The number of ether oxygens (including phenoxy) is 5. The molecule has 1 aliphatic rings. The van der Waals surface area contributed by atoms with Crippen molar-refractivity contribution in [2.75, 3.05) is 7.11 Å². The second-order valence-electron chi connectivity index (χ2n) is 7.65. The van der Waals surface area contributed by atoms with E-state index in [-0.39, 0.29) is 19.3 Å². The van der Waals surface area contributed by atoms with Gasteiger partial charge in [-0.1, -0.05) is 60.7 Å². The number of esters is 1. The topological polar surface area (TPSA) is 83.5 Å². The van der Waals surface area contributed by atoms with Gasteiger partial charge in [-0.05, 0) is 25.0 Å². The maximum absolute atomic E-state index is 12.5. The van der Waals surface area contributed by atoms with Crippen LogP contribution in [0.15, 0.2) is 60.7 Å². The maximum atomic E-state index is 12.5. The van der Waals surface area contributed by atoms with E-state index in [0.29, 0.717) is 0 Å². The summed E-state index contributed by atoms with van der Waals surface area (Å²) in [6.07, 6.45) is -5.31. The molecule has 0 spiro atoms. The summed E-state index contributed by atoms with van der Waals surface area (Å²) in [7, 11) is 1.28. The van der Waals surface area contributed by atoms with Crippen LogP contribution in [0.5, 0.6) is 0 Å². The van der Waals surface area contributed by atoms with Crippen LogP contribution in [0.4, 0.5) is 0 Å². The number of aliphatic hydroxyl groups is 1. The van der Waals surface area contributed by atoms with Crippen molar-refractivity contribution in [3.8, 4) is 0 Å². The normalized spacial score (nSPS) is 26.0. The van der Waals surface area contributed by atoms with E-state index in [0.717, 1.165) is 11.1 Å². The van der Waals surface area contributed by atoms with E-state index in [1.54, 1.807) is 0 Å². The second kappa shape index (κ2) is 11.4. The predicted octanol–water partition coefficient (Wildman–Crippen LogP) is 2.84. The van der Waals surface area contributed by atoms with E-state index < -0.39 is 36.7 Å². The average molecular weight is 430 g/mol. The van der Waals surface area contributed by atoms with Crippen molar-refractivity contribution in [1.82, 2.24) is 0 Å². The third kappa shape index (κ3) is 6.35. The molecule has 31 heavy (non-hydrogen) atoms. The first kappa shape index (κ1) is 23.4. The lowest BCUT2D eigenvalue weighted by Crippen LogP contribution is -2.62. The molecule has 7 nitrogen and oxygen atoms in total. The van der Waals surface area contributed by atoms with Crippen molar-refractivity contribution in [3.05, 3.63) is 71.8 Å². The lowest BCUT2D eigenvalue weighted by molar-refractivity contribution is -0.316. The van der Waals surface area contributed by atoms with E-state index >= 15 is 0 Å². The van der Waals surface area contributed by atoms with Gasteiger partial charge in [0.2, 0.25) is 0 Å². The fraction of sp³-hybridized carbons (Fsp3) is 0.458. The number of hydrogen-bond acceptors (Lipinski definition) is 7. The number of aliphatic hydroxyl groups excluding tert-OH is 1. The number of rotatable bonds is 9. The predicted molar refractivity (Wildman–Crippen MR) is 113 cm³/mol. The SMILES string of the molecule is COC(=O)[C@H]1O[C@@H](OC(C)C)[C@@H](O)[C@@H](OCc2ccccc2)[C@@H]1OCc1ccccc1. The van der Waals surface area contributed by atoms with Gasteiger partial charge >= 0.3 is 5.97 Å². The Kier molecular flexibility index (Phi) is 8.57. The Balaban J connectivity index is 1.83. The second-order valence-corrected chi connectivity index (χ2v) is 7.65. The molecule has 2 aromatic carbocycles. The highest BCUT2D eigenvalue weighted by Crippen LogP contribution is 2.29. The Morgan fingerprint density at radius 1 is 0.935 bits per heavy atom. The van der Waals surface area contributed by atoms with Crippen molar-refractivity contribution >= 4 is 5.97 Å². The lowest BCUT2D eigenvalue weighted by Gasteiger charge is -2.43. The van der Waals surface area contributed by atoms with Gasteiger partial charge in [0.15, 0.2) is 12.4 Å². The van der Waals surface area contributed by atoms with Crippen molar-refractivity contribution in [2.24, 2.45) is 0 Å². The van der Waals surface area contributed by atoms with Crippen LogP contribution in [0.25, 0.3) is 0 Å². The van der Waals surface area contributed by atoms with Crippen molar-refractivity contribution in [2.45, 2.75) is 63.9 Å². The Labute approximate surface area is 182 Å². The van der Waals surface area contributed by atoms with Gasteiger partial charge < -0.3 is 28.8 Å². The summed E-state index contributed by atoms with van der Waals surface area (Å²) in [4.78, 5) is 12.5. The van der Waals surface area contributed by atoms with Crippen LogP contribution >= 0.6 is 0 Å². The van der Waals surface area contributed by atoms with Crippen LogP contribution < -0.4 is 0 Å². The van der Waals surface area contributed by atoms with Crippen molar-refractivity contribution in [1.29, 1.82) is 0 Å². The fourth-order valence-corrected chi connectivity index (χ4v) is 3.42. The van der Waals surface area contributed by atoms with E-state index in [1.807, 2.05) is 74.5 Å². The number of carbonyl (C=O) groups is 1. The zero-order valence-corrected chi connectivity index (χ0v) is 18.0. The Bertz CT molecular complexity index is 796. The quantitative estimate of drug-likeness (QED) is 0.613. The fourth-order valence-electron chi connectivity index (χ4n) is 3.42. The molecule has 168 valence electrons. The van der Waals surface area contributed by atoms with E-state index in [4.69, 9.17) is 23.7 Å². The number of benzene rings is 2. The van der Waals surface area contributed by atoms with Crippen molar-refractivity contribution in [3.63, 3.8) is 0 Å². The number of carbonyl (C=O) groups excluding carboxylic acids is 1. The molecule has 1 aliphatic heterocycles. The third-order valence-corrected chi connectivity index (χ3v) is 4.93. The zero-order valence-electron chi connectivity index (χ0n) is 18.0. The number of hydrogen-bond donors (Lipinski definition) is 1. The molecule has 0 unspecified atom stereocenters. The van der Waals surface area contributed by atoms with Gasteiger partial charge in [-0.25, -0.2) is 4.79 Å². The summed E-state index contributed by atoms with van der Waals surface area (Å²) in [5.41, 5.74) is 1.85. The molecule has 0 amide bonds. The summed E-state index contributed by atoms with van der Waals surface area (Å²) in [6, 6.07) is 19.1. The van der Waals surface area contributed by atoms with E-state index in [9.17, 15) is 9.90 Å². The smallest absolute Gasteiger partial charge is 0.337 e. The summed E-state index contributed by atoms with van der Waals surface area (Å²) >= 11 is 0. The van der Waals surface area contributed by atoms with E-state index in [1.165, 1.54) is 7.11 Å². The largest absolute Gasteiger partial charge is 0.467 e. The Morgan fingerprint density at radius 3 is 1.94 bits per heavy atom. The third-order valence-electron chi connectivity index (χ3n) is 4.93. The van der Waals surface area contributed by atoms with Crippen LogP contribution in [-0.4, -0.2) is 55.0 Å². The summed E-state index contributed by atoms with van der Waals surface area (Å²) in [6.45, 7) is 4.09.